The van der Waals surface area contributed by atoms with Gasteiger partial charge in [-0.1, -0.05) is 19.3 Å². The lowest BCUT2D eigenvalue weighted by Gasteiger charge is -2.21. The van der Waals surface area contributed by atoms with Crippen LogP contribution in [-0.2, 0) is 6.42 Å². The molecule has 0 radical (unpaired) electrons. The summed E-state index contributed by atoms with van der Waals surface area (Å²) >= 11 is 0. The second-order valence-corrected chi connectivity index (χ2v) is 5.70. The van der Waals surface area contributed by atoms with E-state index in [9.17, 15) is 9.50 Å². The van der Waals surface area contributed by atoms with E-state index in [4.69, 9.17) is 0 Å². The molecule has 0 aromatic carbocycles. The highest BCUT2D eigenvalue weighted by Crippen LogP contribution is 2.27. The van der Waals surface area contributed by atoms with Crippen molar-refractivity contribution in [1.82, 2.24) is 14.8 Å². The fraction of sp³-hybridized carbons (Fsp3) is 0.500. The molecule has 0 amide bonds. The van der Waals surface area contributed by atoms with E-state index in [2.05, 4.69) is 10.1 Å². The zero-order chi connectivity index (χ0) is 14.7. The Kier molecular flexibility index (Phi) is 4.29. The van der Waals surface area contributed by atoms with Crippen molar-refractivity contribution < 1.29 is 9.50 Å². The number of aliphatic hydroxyl groups is 1. The summed E-state index contributed by atoms with van der Waals surface area (Å²) < 4.78 is 14.9. The van der Waals surface area contributed by atoms with Crippen LogP contribution in [0.4, 0.5) is 4.39 Å². The van der Waals surface area contributed by atoms with E-state index in [1.807, 2.05) is 16.9 Å². The van der Waals surface area contributed by atoms with Crippen molar-refractivity contribution in [2.24, 2.45) is 0 Å². The summed E-state index contributed by atoms with van der Waals surface area (Å²) in [5, 5.41) is 14.7. The van der Waals surface area contributed by atoms with Gasteiger partial charge in [0.05, 0.1) is 23.6 Å². The molecule has 1 saturated carbocycles. The molecule has 112 valence electrons. The van der Waals surface area contributed by atoms with Crippen molar-refractivity contribution in [2.45, 2.75) is 50.7 Å². The number of aliphatic hydroxyl groups excluding tert-OH is 1. The summed E-state index contributed by atoms with van der Waals surface area (Å²) in [4.78, 5) is 3.91. The van der Waals surface area contributed by atoms with Gasteiger partial charge in [0.15, 0.2) is 0 Å². The Morgan fingerprint density at radius 2 is 2.05 bits per heavy atom. The average Bonchev–Trinajstić information content (AvgIpc) is 2.97. The fourth-order valence-corrected chi connectivity index (χ4v) is 2.92. The van der Waals surface area contributed by atoms with Crippen LogP contribution in [0.2, 0.25) is 0 Å². The Labute approximate surface area is 123 Å². The molecule has 1 unspecified atom stereocenters. The number of aromatic nitrogens is 3. The predicted octanol–water partition coefficient (Wildman–Crippen LogP) is 3.20. The van der Waals surface area contributed by atoms with E-state index in [1.165, 1.54) is 44.2 Å². The van der Waals surface area contributed by atoms with Crippen LogP contribution in [0.1, 0.15) is 55.6 Å². The van der Waals surface area contributed by atoms with Crippen LogP contribution in [-0.4, -0.2) is 19.9 Å². The Morgan fingerprint density at radius 1 is 1.24 bits per heavy atom. The van der Waals surface area contributed by atoms with Crippen molar-refractivity contribution >= 4 is 0 Å². The second-order valence-electron chi connectivity index (χ2n) is 5.70. The average molecular weight is 289 g/mol. The molecule has 0 spiro atoms. The molecule has 2 aromatic heterocycles. The van der Waals surface area contributed by atoms with Crippen LogP contribution in [0.15, 0.2) is 30.6 Å². The van der Waals surface area contributed by atoms with Crippen LogP contribution in [0.3, 0.4) is 0 Å². The second kappa shape index (κ2) is 6.35. The quantitative estimate of drug-likeness (QED) is 0.940. The van der Waals surface area contributed by atoms with E-state index >= 15 is 0 Å². The van der Waals surface area contributed by atoms with Gasteiger partial charge in [-0.2, -0.15) is 5.10 Å². The SMILES string of the molecule is OC(Cc1ccn(C2CCCCC2)n1)c1ccc(F)cn1. The highest BCUT2D eigenvalue weighted by Gasteiger charge is 2.17. The van der Waals surface area contributed by atoms with Crippen molar-refractivity contribution in [1.29, 1.82) is 0 Å². The number of nitrogens with zero attached hydrogens (tertiary/aromatic N) is 3. The molecule has 1 aliphatic rings. The predicted molar refractivity (Wildman–Crippen MR) is 77.2 cm³/mol. The van der Waals surface area contributed by atoms with Gasteiger partial charge in [-0.3, -0.25) is 9.67 Å². The molecule has 3 rings (SSSR count). The highest BCUT2D eigenvalue weighted by atomic mass is 19.1. The van der Waals surface area contributed by atoms with Gasteiger partial charge in [0.25, 0.3) is 0 Å². The number of hydrogen-bond donors (Lipinski definition) is 1. The molecule has 1 aliphatic carbocycles. The number of halogens is 1. The molecule has 1 N–H and O–H groups in total. The van der Waals surface area contributed by atoms with E-state index in [-0.39, 0.29) is 0 Å². The van der Waals surface area contributed by atoms with Crippen molar-refractivity contribution in [2.75, 3.05) is 0 Å². The maximum absolute atomic E-state index is 12.8. The standard InChI is InChI=1S/C16H20FN3O/c17-12-6-7-15(18-11-12)16(21)10-13-8-9-20(19-13)14-4-2-1-3-5-14/h6-9,11,14,16,21H,1-5,10H2. The Bertz CT molecular complexity index is 575. The van der Waals surface area contributed by atoms with Crippen LogP contribution in [0, 0.1) is 5.82 Å². The minimum atomic E-state index is -0.750. The van der Waals surface area contributed by atoms with E-state index in [0.717, 1.165) is 11.9 Å². The first kappa shape index (κ1) is 14.2. The summed E-state index contributed by atoms with van der Waals surface area (Å²) in [7, 11) is 0. The maximum atomic E-state index is 12.8. The zero-order valence-corrected chi connectivity index (χ0v) is 12.0. The zero-order valence-electron chi connectivity index (χ0n) is 12.0. The Balaban J connectivity index is 1.64. The van der Waals surface area contributed by atoms with Gasteiger partial charge in [-0.25, -0.2) is 4.39 Å². The molecule has 0 aliphatic heterocycles. The third kappa shape index (κ3) is 3.47. The van der Waals surface area contributed by atoms with Crippen LogP contribution < -0.4 is 0 Å². The third-order valence-electron chi connectivity index (χ3n) is 4.11. The summed E-state index contributed by atoms with van der Waals surface area (Å²) in [6, 6.07) is 5.26. The van der Waals surface area contributed by atoms with Crippen molar-refractivity contribution in [3.63, 3.8) is 0 Å². The monoisotopic (exact) mass is 289 g/mol. The largest absolute Gasteiger partial charge is 0.386 e. The molecule has 2 aromatic rings. The molecule has 4 nitrogen and oxygen atoms in total. The Morgan fingerprint density at radius 3 is 2.76 bits per heavy atom. The lowest BCUT2D eigenvalue weighted by Crippen LogP contribution is -2.14. The summed E-state index contributed by atoms with van der Waals surface area (Å²) in [5.74, 6) is -0.396. The van der Waals surface area contributed by atoms with E-state index in [1.54, 1.807) is 0 Å². The minimum absolute atomic E-state index is 0.396. The van der Waals surface area contributed by atoms with Crippen molar-refractivity contribution in [3.05, 3.63) is 47.8 Å². The topological polar surface area (TPSA) is 50.9 Å². The summed E-state index contributed by atoms with van der Waals surface area (Å²) in [5.41, 5.74) is 1.32. The lowest BCUT2D eigenvalue weighted by molar-refractivity contribution is 0.171. The smallest absolute Gasteiger partial charge is 0.141 e. The molecular weight excluding hydrogens is 269 g/mol. The van der Waals surface area contributed by atoms with Gasteiger partial charge in [0.2, 0.25) is 0 Å². The molecule has 2 heterocycles. The van der Waals surface area contributed by atoms with Gasteiger partial charge in [-0.05, 0) is 31.0 Å². The maximum Gasteiger partial charge on any atom is 0.141 e. The number of hydrogen-bond acceptors (Lipinski definition) is 3. The van der Waals surface area contributed by atoms with E-state index < -0.39 is 11.9 Å². The molecule has 21 heavy (non-hydrogen) atoms. The van der Waals surface area contributed by atoms with Gasteiger partial charge in [0.1, 0.15) is 11.9 Å². The van der Waals surface area contributed by atoms with Gasteiger partial charge >= 0.3 is 0 Å². The van der Waals surface area contributed by atoms with Crippen molar-refractivity contribution in [3.8, 4) is 0 Å². The van der Waals surface area contributed by atoms with Gasteiger partial charge < -0.3 is 5.11 Å². The van der Waals surface area contributed by atoms with Crippen LogP contribution in [0.5, 0.6) is 0 Å². The summed E-state index contributed by atoms with van der Waals surface area (Å²) in [6.07, 6.45) is 8.99. The number of rotatable bonds is 4. The normalized spacial score (nSPS) is 17.8. The fourth-order valence-electron chi connectivity index (χ4n) is 2.92. The summed E-state index contributed by atoms with van der Waals surface area (Å²) in [6.45, 7) is 0. The third-order valence-corrected chi connectivity index (χ3v) is 4.11. The molecule has 1 fully saturated rings. The molecule has 0 bridgehead atoms. The van der Waals surface area contributed by atoms with Gasteiger partial charge in [-0.15, -0.1) is 0 Å². The Hall–Kier alpha value is -1.75. The first-order chi connectivity index (χ1) is 10.2. The molecule has 0 saturated heterocycles. The highest BCUT2D eigenvalue weighted by molar-refractivity contribution is 5.11. The molecule has 1 atom stereocenters. The van der Waals surface area contributed by atoms with Crippen LogP contribution >= 0.6 is 0 Å². The van der Waals surface area contributed by atoms with Crippen LogP contribution in [0.25, 0.3) is 0 Å². The lowest BCUT2D eigenvalue weighted by atomic mass is 9.96. The first-order valence-electron chi connectivity index (χ1n) is 7.56. The van der Waals surface area contributed by atoms with Gasteiger partial charge in [0, 0.05) is 12.6 Å². The first-order valence-corrected chi connectivity index (χ1v) is 7.56. The minimum Gasteiger partial charge on any atom is -0.386 e. The molecule has 5 heteroatoms. The van der Waals surface area contributed by atoms with E-state index in [0.29, 0.717) is 18.2 Å². The number of pyridine rings is 1. The molecular formula is C16H20FN3O.